The molecule has 2 N–H and O–H groups in total. The normalized spacial score (nSPS) is 37.1. The summed E-state index contributed by atoms with van der Waals surface area (Å²) in [5.41, 5.74) is -4.23. The van der Waals surface area contributed by atoms with Crippen molar-refractivity contribution in [2.45, 2.75) is 102 Å². The van der Waals surface area contributed by atoms with Crippen molar-refractivity contribution in [2.24, 2.45) is 11.8 Å². The fourth-order valence-corrected chi connectivity index (χ4v) is 8.40. The lowest BCUT2D eigenvalue weighted by molar-refractivity contribution is -0.192. The Labute approximate surface area is 244 Å². The number of phenols is 1. The Hall–Kier alpha value is -3.43. The van der Waals surface area contributed by atoms with Crippen molar-refractivity contribution in [3.8, 4) is 17.2 Å². The molecule has 4 bridgehead atoms. The second-order valence-electron chi connectivity index (χ2n) is 13.9. The van der Waals surface area contributed by atoms with Crippen molar-refractivity contribution in [3.05, 3.63) is 46.1 Å². The van der Waals surface area contributed by atoms with E-state index in [1.54, 1.807) is 6.08 Å². The summed E-state index contributed by atoms with van der Waals surface area (Å²) in [6, 6.07) is 0. The number of hydrogen-bond donors (Lipinski definition) is 2. The molecule has 0 radical (unpaired) electrons. The Morgan fingerprint density at radius 2 is 1.79 bits per heavy atom. The zero-order valence-corrected chi connectivity index (χ0v) is 24.9. The summed E-state index contributed by atoms with van der Waals surface area (Å²) in [5.74, 6) is -2.47. The Morgan fingerprint density at radius 3 is 2.45 bits per heavy atom. The molecule has 0 aromatic heterocycles. The molecule has 8 rings (SSSR count). The highest BCUT2D eigenvalue weighted by molar-refractivity contribution is 6.16. The Morgan fingerprint density at radius 1 is 1.07 bits per heavy atom. The Balaban J connectivity index is 1.53. The molecule has 5 fully saturated rings. The van der Waals surface area contributed by atoms with Gasteiger partial charge in [0.2, 0.25) is 11.4 Å². The summed E-state index contributed by atoms with van der Waals surface area (Å²) in [6.45, 7) is 13.0. The van der Waals surface area contributed by atoms with Gasteiger partial charge in [0.05, 0.1) is 17.1 Å². The lowest BCUT2D eigenvalue weighted by atomic mass is 9.46. The van der Waals surface area contributed by atoms with Crippen LogP contribution in [-0.4, -0.2) is 61.9 Å². The van der Waals surface area contributed by atoms with Crippen LogP contribution in [0.4, 0.5) is 0 Å². The number of carboxylic acids is 1. The number of epoxide rings is 1. The van der Waals surface area contributed by atoms with Gasteiger partial charge in [-0.1, -0.05) is 17.7 Å². The van der Waals surface area contributed by atoms with Crippen LogP contribution in [0, 0.1) is 11.8 Å². The molecule has 3 saturated carbocycles. The molecule has 6 atom stereocenters. The molecule has 0 unspecified atom stereocenters. The number of Topliss-reactive ketones (excluding diaryl/α,β-unsaturated/α-hetero) is 2. The number of ether oxygens (including phenoxy) is 4. The first-order valence-corrected chi connectivity index (χ1v) is 14.5. The van der Waals surface area contributed by atoms with E-state index in [-0.39, 0.29) is 34.8 Å². The maximum atomic E-state index is 14.8. The monoisotopic (exact) mass is 576 g/mol. The molecule has 2 spiro atoms. The molecule has 42 heavy (non-hydrogen) atoms. The number of allylic oxidation sites excluding steroid dienone is 2. The van der Waals surface area contributed by atoms with Gasteiger partial charge in [-0.15, -0.1) is 0 Å². The Bertz CT molecular complexity index is 1610. The van der Waals surface area contributed by atoms with Crippen LogP contribution in [0.5, 0.6) is 17.2 Å². The lowest BCUT2D eigenvalue weighted by Crippen LogP contribution is -2.80. The zero-order valence-electron chi connectivity index (χ0n) is 24.9. The van der Waals surface area contributed by atoms with Crippen LogP contribution in [0.1, 0.15) is 82.8 Å². The molecule has 0 amide bonds. The van der Waals surface area contributed by atoms with E-state index in [1.165, 1.54) is 13.0 Å². The van der Waals surface area contributed by atoms with Crippen molar-refractivity contribution in [3.63, 3.8) is 0 Å². The number of fused-ring (bicyclic) bond motifs is 2. The summed E-state index contributed by atoms with van der Waals surface area (Å²) in [5, 5.41) is 21.3. The van der Waals surface area contributed by atoms with Crippen LogP contribution in [-0.2, 0) is 25.5 Å². The molecule has 222 valence electrons. The van der Waals surface area contributed by atoms with Gasteiger partial charge in [-0.3, -0.25) is 9.59 Å². The second kappa shape index (κ2) is 7.94. The van der Waals surface area contributed by atoms with Crippen LogP contribution in [0.15, 0.2) is 29.4 Å². The highest BCUT2D eigenvalue weighted by Crippen LogP contribution is 2.77. The van der Waals surface area contributed by atoms with Gasteiger partial charge in [-0.2, -0.15) is 0 Å². The smallest absolute Gasteiger partial charge is 0.330 e. The van der Waals surface area contributed by atoms with Crippen LogP contribution < -0.4 is 9.47 Å². The van der Waals surface area contributed by atoms with Crippen LogP contribution in [0.3, 0.4) is 0 Å². The fourth-order valence-electron chi connectivity index (χ4n) is 8.40. The molecule has 9 heteroatoms. The first kappa shape index (κ1) is 27.4. The van der Waals surface area contributed by atoms with Gasteiger partial charge in [0.25, 0.3) is 0 Å². The molecule has 9 nitrogen and oxygen atoms in total. The van der Waals surface area contributed by atoms with Gasteiger partial charge in [-0.25, -0.2) is 4.79 Å². The molecular weight excluding hydrogens is 540 g/mol. The van der Waals surface area contributed by atoms with Gasteiger partial charge in [-0.05, 0) is 73.5 Å². The highest BCUT2D eigenvalue weighted by atomic mass is 16.7. The molecule has 1 aromatic carbocycles. The highest BCUT2D eigenvalue weighted by Gasteiger charge is 2.97. The minimum absolute atomic E-state index is 0.0246. The fraction of sp³-hybridized carbons (Fsp3) is 0.545. The number of benzene rings is 1. The minimum atomic E-state index is -1.67. The summed E-state index contributed by atoms with van der Waals surface area (Å²) in [4.78, 5) is 40.9. The molecule has 4 heterocycles. The van der Waals surface area contributed by atoms with E-state index in [0.717, 1.165) is 5.57 Å². The third kappa shape index (κ3) is 2.98. The maximum Gasteiger partial charge on any atom is 0.330 e. The summed E-state index contributed by atoms with van der Waals surface area (Å²) < 4.78 is 26.6. The SMILES string of the molecule is CC(C)=CCc1c2c(c(O)c3c1O[C@]14[C@H]5C[C@H](C(=O)[C@]1(CC=C(C)C(=O)O)OC5(C)C)[C@@H]1O[C@@]14C3=O)C=CC(C)(C)O2. The number of rotatable bonds is 5. The van der Waals surface area contributed by atoms with Crippen molar-refractivity contribution in [1.29, 1.82) is 0 Å². The largest absolute Gasteiger partial charge is 0.506 e. The van der Waals surface area contributed by atoms with Gasteiger partial charge in [0, 0.05) is 23.5 Å². The molecule has 4 aliphatic heterocycles. The van der Waals surface area contributed by atoms with E-state index in [9.17, 15) is 24.6 Å². The number of carbonyl (C=O) groups excluding carboxylic acids is 2. The first-order valence-electron chi connectivity index (χ1n) is 14.5. The number of aliphatic carboxylic acids is 1. The van der Waals surface area contributed by atoms with Gasteiger partial charge < -0.3 is 29.2 Å². The van der Waals surface area contributed by atoms with Crippen LogP contribution in [0.25, 0.3) is 6.08 Å². The van der Waals surface area contributed by atoms with E-state index >= 15 is 0 Å². The molecule has 3 aliphatic carbocycles. The van der Waals surface area contributed by atoms with E-state index in [0.29, 0.717) is 29.7 Å². The van der Waals surface area contributed by atoms with E-state index in [1.807, 2.05) is 53.7 Å². The van der Waals surface area contributed by atoms with Crippen molar-refractivity contribution in [1.82, 2.24) is 0 Å². The number of phenolic OH excluding ortho intramolecular Hbond substituents is 1. The second-order valence-corrected chi connectivity index (χ2v) is 13.9. The number of carbonyl (C=O) groups is 3. The molecular formula is C33H36O9. The number of aromatic hydroxyl groups is 1. The average Bonchev–Trinajstić information content (AvgIpc) is 3.63. The summed E-state index contributed by atoms with van der Waals surface area (Å²) in [6.07, 6.45) is 7.06. The molecule has 2 saturated heterocycles. The lowest BCUT2D eigenvalue weighted by Gasteiger charge is -2.58. The van der Waals surface area contributed by atoms with E-state index < -0.39 is 57.7 Å². The average molecular weight is 577 g/mol. The van der Waals surface area contributed by atoms with Crippen molar-refractivity contribution < 1.29 is 43.5 Å². The first-order chi connectivity index (χ1) is 19.5. The predicted octanol–water partition coefficient (Wildman–Crippen LogP) is 4.72. The third-order valence-corrected chi connectivity index (χ3v) is 10.3. The molecule has 1 aromatic rings. The number of carboxylic acid groups (broad SMARTS) is 1. The molecule has 7 aliphatic rings. The van der Waals surface area contributed by atoms with Crippen molar-refractivity contribution in [2.75, 3.05) is 0 Å². The van der Waals surface area contributed by atoms with E-state index in [4.69, 9.17) is 18.9 Å². The third-order valence-electron chi connectivity index (χ3n) is 10.3. The standard InChI is InChI=1S/C33H36O9/c1-15(2)8-9-18-23-17(11-12-29(4,5)39-23)22(34)21-24(18)40-33-20-14-19(27-32(33,41-27)26(21)36)25(35)31(33,42-30(20,6)7)13-10-16(3)28(37)38/h8,10-12,19-20,27,34H,9,13-14H2,1-7H3,(H,37,38)/t19-,20+,27+,31+,32+,33-/m1/s1. The Kier molecular flexibility index (Phi) is 5.18. The minimum Gasteiger partial charge on any atom is -0.506 e. The van der Waals surface area contributed by atoms with E-state index in [2.05, 4.69) is 0 Å². The van der Waals surface area contributed by atoms with Crippen LogP contribution >= 0.6 is 0 Å². The topological polar surface area (TPSA) is 132 Å². The number of hydrogen-bond acceptors (Lipinski definition) is 8. The van der Waals surface area contributed by atoms with Gasteiger partial charge in [0.1, 0.15) is 34.5 Å². The zero-order chi connectivity index (χ0) is 30.4. The maximum absolute atomic E-state index is 14.8. The summed E-state index contributed by atoms with van der Waals surface area (Å²) >= 11 is 0. The van der Waals surface area contributed by atoms with Gasteiger partial charge >= 0.3 is 5.97 Å². The van der Waals surface area contributed by atoms with Crippen LogP contribution in [0.2, 0.25) is 0 Å². The number of ketones is 2. The van der Waals surface area contributed by atoms with Gasteiger partial charge in [0.15, 0.2) is 17.0 Å². The predicted molar refractivity (Wildman–Crippen MR) is 151 cm³/mol. The summed E-state index contributed by atoms with van der Waals surface area (Å²) in [7, 11) is 0. The van der Waals surface area contributed by atoms with Crippen molar-refractivity contribution >= 4 is 23.6 Å². The quantitative estimate of drug-likeness (QED) is 0.290.